The Morgan fingerprint density at radius 2 is 1.81 bits per heavy atom. The first kappa shape index (κ1) is 20.3. The van der Waals surface area contributed by atoms with Gasteiger partial charge in [-0.05, 0) is 60.1 Å². The summed E-state index contributed by atoms with van der Waals surface area (Å²) in [7, 11) is 0. The van der Waals surface area contributed by atoms with Crippen LogP contribution in [0.5, 0.6) is 0 Å². The van der Waals surface area contributed by atoms with E-state index in [1.165, 1.54) is 5.56 Å². The Morgan fingerprint density at radius 3 is 2.45 bits per heavy atom. The monoisotopic (exact) mass is 423 g/mol. The molecule has 1 aliphatic carbocycles. The van der Waals surface area contributed by atoms with Gasteiger partial charge in [0.05, 0.1) is 18.9 Å². The third kappa shape index (κ3) is 4.13. The average molecular weight is 424 g/mol. The molecule has 5 rings (SSSR count). The topological polar surface area (TPSA) is 44.8 Å². The molecule has 31 heavy (non-hydrogen) atoms. The fourth-order valence-corrected chi connectivity index (χ4v) is 5.10. The number of fused-ring (bicyclic) bond motifs is 1. The van der Waals surface area contributed by atoms with Gasteiger partial charge in [0.25, 0.3) is 5.91 Å². The zero-order valence-corrected chi connectivity index (χ0v) is 18.0. The van der Waals surface area contributed by atoms with Gasteiger partial charge in [-0.2, -0.15) is 0 Å². The van der Waals surface area contributed by atoms with E-state index in [9.17, 15) is 9.18 Å². The Morgan fingerprint density at radius 1 is 1.10 bits per heavy atom. The van der Waals surface area contributed by atoms with Crippen LogP contribution in [0.3, 0.4) is 0 Å². The van der Waals surface area contributed by atoms with E-state index in [2.05, 4.69) is 12.2 Å². The number of hydrogen-bond acceptors (Lipinski definition) is 4. The highest BCUT2D eigenvalue weighted by Gasteiger charge is 2.56. The fourth-order valence-electron chi connectivity index (χ4n) is 5.10. The summed E-state index contributed by atoms with van der Waals surface area (Å²) < 4.78 is 19.9. The number of halogens is 1. The first-order valence-electron chi connectivity index (χ1n) is 11.4. The van der Waals surface area contributed by atoms with Crippen molar-refractivity contribution in [1.29, 1.82) is 0 Å². The Labute approximate surface area is 183 Å². The third-order valence-electron chi connectivity index (χ3n) is 7.11. The van der Waals surface area contributed by atoms with Gasteiger partial charge >= 0.3 is 0 Å². The highest BCUT2D eigenvalue weighted by atomic mass is 19.1. The van der Waals surface area contributed by atoms with Gasteiger partial charge in [0.15, 0.2) is 0 Å². The van der Waals surface area contributed by atoms with Crippen LogP contribution >= 0.6 is 0 Å². The van der Waals surface area contributed by atoms with E-state index in [1.807, 2.05) is 46.2 Å². The van der Waals surface area contributed by atoms with Crippen molar-refractivity contribution < 1.29 is 13.9 Å². The fraction of sp³-hybridized carbons (Fsp3) is 0.480. The minimum absolute atomic E-state index is 0.141. The highest BCUT2D eigenvalue weighted by molar-refractivity contribution is 5.94. The van der Waals surface area contributed by atoms with Crippen molar-refractivity contribution in [3.05, 3.63) is 59.4 Å². The lowest BCUT2D eigenvalue weighted by Crippen LogP contribution is -2.36. The van der Waals surface area contributed by atoms with E-state index in [1.54, 1.807) is 6.07 Å². The van der Waals surface area contributed by atoms with Gasteiger partial charge < -0.3 is 19.9 Å². The predicted octanol–water partition coefficient (Wildman–Crippen LogP) is 3.65. The molecule has 1 saturated carbocycles. The van der Waals surface area contributed by atoms with Crippen molar-refractivity contribution in [2.45, 2.75) is 13.3 Å². The van der Waals surface area contributed by atoms with E-state index in [0.717, 1.165) is 50.4 Å². The Hall–Kier alpha value is -2.60. The summed E-state index contributed by atoms with van der Waals surface area (Å²) >= 11 is 0. The summed E-state index contributed by atoms with van der Waals surface area (Å²) in [6.07, 6.45) is 0.983. The maximum absolute atomic E-state index is 14.6. The number of piperidine rings is 1. The summed E-state index contributed by atoms with van der Waals surface area (Å²) in [6, 6.07) is 13.4. The lowest BCUT2D eigenvalue weighted by atomic mass is 10.1. The largest absolute Gasteiger partial charge is 0.385 e. The van der Waals surface area contributed by atoms with Crippen LogP contribution in [-0.2, 0) is 11.2 Å². The van der Waals surface area contributed by atoms with Gasteiger partial charge in [-0.3, -0.25) is 4.79 Å². The van der Waals surface area contributed by atoms with Gasteiger partial charge in [0.2, 0.25) is 0 Å². The van der Waals surface area contributed by atoms with Gasteiger partial charge in [-0.25, -0.2) is 4.39 Å². The molecule has 164 valence electrons. The second kappa shape index (κ2) is 8.50. The van der Waals surface area contributed by atoms with Crippen molar-refractivity contribution in [3.8, 4) is 0 Å². The van der Waals surface area contributed by atoms with Crippen LogP contribution in [0.4, 0.5) is 15.8 Å². The standard InChI is InChI=1S/C25H30FN3O2/c1-2-17-3-5-18(6-4-17)25(30)29-15-21-20(22(21)16-29)14-27-19-7-8-24(23(26)13-19)28-9-11-31-12-10-28/h3-8,13,20-22,27H,2,9-12,14-16H2,1H3. The quantitative estimate of drug-likeness (QED) is 0.770. The third-order valence-corrected chi connectivity index (χ3v) is 7.11. The van der Waals surface area contributed by atoms with Crippen LogP contribution < -0.4 is 10.2 Å². The normalized spacial score (nSPS) is 24.8. The Balaban J connectivity index is 1.11. The molecule has 0 aromatic heterocycles. The number of carbonyl (C=O) groups excluding carboxylic acids is 1. The summed E-state index contributed by atoms with van der Waals surface area (Å²) in [4.78, 5) is 16.8. The molecule has 1 N–H and O–H groups in total. The first-order valence-corrected chi connectivity index (χ1v) is 11.4. The first-order chi connectivity index (χ1) is 15.1. The molecule has 0 radical (unpaired) electrons. The highest BCUT2D eigenvalue weighted by Crippen LogP contribution is 2.51. The summed E-state index contributed by atoms with van der Waals surface area (Å²) in [5.74, 6) is 1.64. The Kier molecular flexibility index (Phi) is 5.57. The second-order valence-electron chi connectivity index (χ2n) is 8.90. The summed E-state index contributed by atoms with van der Waals surface area (Å²) in [6.45, 7) is 7.36. The van der Waals surface area contributed by atoms with Gasteiger partial charge in [-0.15, -0.1) is 0 Å². The lowest BCUT2D eigenvalue weighted by Gasteiger charge is -2.29. The molecule has 0 bridgehead atoms. The number of ether oxygens (including phenoxy) is 1. The molecular weight excluding hydrogens is 393 g/mol. The number of benzene rings is 2. The zero-order valence-electron chi connectivity index (χ0n) is 18.0. The molecule has 2 saturated heterocycles. The smallest absolute Gasteiger partial charge is 0.253 e. The molecule has 6 heteroatoms. The van der Waals surface area contributed by atoms with Crippen molar-refractivity contribution in [3.63, 3.8) is 0 Å². The Bertz CT molecular complexity index is 930. The molecule has 1 amide bonds. The van der Waals surface area contributed by atoms with Crippen LogP contribution in [0.25, 0.3) is 0 Å². The minimum atomic E-state index is -0.186. The number of anilines is 2. The molecule has 3 fully saturated rings. The van der Waals surface area contributed by atoms with Crippen LogP contribution in [0.15, 0.2) is 42.5 Å². The van der Waals surface area contributed by atoms with Crippen molar-refractivity contribution >= 4 is 17.3 Å². The van der Waals surface area contributed by atoms with E-state index >= 15 is 0 Å². The number of amides is 1. The molecule has 5 nitrogen and oxygen atoms in total. The number of hydrogen-bond donors (Lipinski definition) is 1. The molecule has 2 aromatic rings. The number of morpholine rings is 1. The van der Waals surface area contributed by atoms with Gasteiger partial charge in [-0.1, -0.05) is 19.1 Å². The number of carbonyl (C=O) groups is 1. The number of rotatable bonds is 6. The minimum Gasteiger partial charge on any atom is -0.385 e. The van der Waals surface area contributed by atoms with Gasteiger partial charge in [0.1, 0.15) is 5.82 Å². The molecular formula is C25H30FN3O2. The van der Waals surface area contributed by atoms with Crippen LogP contribution in [0.1, 0.15) is 22.8 Å². The zero-order chi connectivity index (χ0) is 21.4. The molecule has 2 aliphatic heterocycles. The van der Waals surface area contributed by atoms with Crippen molar-refractivity contribution in [2.75, 3.05) is 56.2 Å². The van der Waals surface area contributed by atoms with E-state index in [0.29, 0.717) is 36.7 Å². The van der Waals surface area contributed by atoms with Crippen LogP contribution in [0.2, 0.25) is 0 Å². The predicted molar refractivity (Wildman–Crippen MR) is 120 cm³/mol. The van der Waals surface area contributed by atoms with E-state index in [-0.39, 0.29) is 11.7 Å². The number of likely N-dealkylation sites (tertiary alicyclic amines) is 1. The number of nitrogens with one attached hydrogen (secondary N) is 1. The maximum Gasteiger partial charge on any atom is 0.253 e. The van der Waals surface area contributed by atoms with Crippen molar-refractivity contribution in [2.24, 2.45) is 17.8 Å². The van der Waals surface area contributed by atoms with Crippen LogP contribution in [0, 0.1) is 23.6 Å². The van der Waals surface area contributed by atoms with E-state index < -0.39 is 0 Å². The van der Waals surface area contributed by atoms with Crippen molar-refractivity contribution in [1.82, 2.24) is 4.90 Å². The molecule has 2 unspecified atom stereocenters. The van der Waals surface area contributed by atoms with E-state index in [4.69, 9.17) is 4.74 Å². The summed E-state index contributed by atoms with van der Waals surface area (Å²) in [5, 5.41) is 3.41. The molecule has 2 aromatic carbocycles. The molecule has 2 heterocycles. The van der Waals surface area contributed by atoms with Crippen LogP contribution in [-0.4, -0.2) is 56.7 Å². The molecule has 0 spiro atoms. The number of aryl methyl sites for hydroxylation is 1. The average Bonchev–Trinajstić information content (AvgIpc) is 3.26. The number of nitrogens with zero attached hydrogens (tertiary/aromatic N) is 2. The lowest BCUT2D eigenvalue weighted by molar-refractivity contribution is 0.0769. The molecule has 3 aliphatic rings. The maximum atomic E-state index is 14.6. The molecule has 2 atom stereocenters. The van der Waals surface area contributed by atoms with Gasteiger partial charge in [0, 0.05) is 44.0 Å². The SMILES string of the molecule is CCc1ccc(C(=O)N2CC3C(CNc4ccc(N5CCOCC5)c(F)c4)C3C2)cc1. The second-order valence-corrected chi connectivity index (χ2v) is 8.90. The summed E-state index contributed by atoms with van der Waals surface area (Å²) in [5.41, 5.74) is 3.51.